The average Bonchev–Trinajstić information content (AvgIpc) is 2.39. The van der Waals surface area contributed by atoms with Gasteiger partial charge in [-0.3, -0.25) is 4.79 Å². The molecule has 0 radical (unpaired) electrons. The van der Waals surface area contributed by atoms with Crippen molar-refractivity contribution in [3.63, 3.8) is 0 Å². The maximum atomic E-state index is 11.9. The molecule has 0 saturated carbocycles. The van der Waals surface area contributed by atoms with E-state index in [9.17, 15) is 9.59 Å². The molecular weight excluding hydrogens is 339 g/mol. The third-order valence-electron chi connectivity index (χ3n) is 2.84. The Kier molecular flexibility index (Phi) is 7.16. The lowest BCUT2D eigenvalue weighted by molar-refractivity contribution is -0.121. The molecule has 0 aliphatic rings. The van der Waals surface area contributed by atoms with Crippen LogP contribution in [0.1, 0.15) is 45.7 Å². The van der Waals surface area contributed by atoms with E-state index < -0.39 is 11.7 Å². The van der Waals surface area contributed by atoms with Gasteiger partial charge in [0.05, 0.1) is 16.1 Å². The van der Waals surface area contributed by atoms with E-state index in [0.29, 0.717) is 10.0 Å². The zero-order valence-electron chi connectivity index (χ0n) is 13.7. The maximum absolute atomic E-state index is 11.9. The molecule has 128 valence electrons. The standard InChI is InChI=1S/C16H22Cl2N2O3/c1-10(11-5-6-12(17)13(18)9-11)20-14(21)7-8-19-15(22)23-16(2,3)4/h5-6,9-10H,7-8H2,1-4H3,(H,19,22)(H,20,21). The fourth-order valence-electron chi connectivity index (χ4n) is 1.77. The van der Waals surface area contributed by atoms with Crippen LogP contribution in [0.5, 0.6) is 0 Å². The van der Waals surface area contributed by atoms with Crippen LogP contribution < -0.4 is 10.6 Å². The first-order valence-electron chi connectivity index (χ1n) is 7.29. The van der Waals surface area contributed by atoms with Crippen LogP contribution in [0.25, 0.3) is 0 Å². The van der Waals surface area contributed by atoms with Gasteiger partial charge in [-0.2, -0.15) is 0 Å². The fourth-order valence-corrected chi connectivity index (χ4v) is 2.08. The lowest BCUT2D eigenvalue weighted by Crippen LogP contribution is -2.35. The van der Waals surface area contributed by atoms with Crippen molar-refractivity contribution < 1.29 is 14.3 Å². The van der Waals surface area contributed by atoms with Crippen LogP contribution in [0.4, 0.5) is 4.79 Å². The minimum atomic E-state index is -0.561. The second kappa shape index (κ2) is 8.41. The van der Waals surface area contributed by atoms with E-state index in [1.807, 2.05) is 6.92 Å². The van der Waals surface area contributed by atoms with Gasteiger partial charge in [-0.05, 0) is 45.4 Å². The molecule has 0 heterocycles. The molecule has 1 aromatic rings. The van der Waals surface area contributed by atoms with Crippen molar-refractivity contribution in [3.05, 3.63) is 33.8 Å². The SMILES string of the molecule is CC(NC(=O)CCNC(=O)OC(C)(C)C)c1ccc(Cl)c(Cl)c1. The highest BCUT2D eigenvalue weighted by atomic mass is 35.5. The summed E-state index contributed by atoms with van der Waals surface area (Å²) in [6, 6.07) is 5.00. The molecule has 5 nitrogen and oxygen atoms in total. The molecule has 1 atom stereocenters. The second-order valence-corrected chi connectivity index (χ2v) is 6.96. The van der Waals surface area contributed by atoms with E-state index in [4.69, 9.17) is 27.9 Å². The van der Waals surface area contributed by atoms with Gasteiger partial charge >= 0.3 is 6.09 Å². The summed E-state index contributed by atoms with van der Waals surface area (Å²) in [5.41, 5.74) is 0.294. The molecule has 1 rings (SSSR count). The monoisotopic (exact) mass is 360 g/mol. The number of amides is 2. The van der Waals surface area contributed by atoms with Crippen LogP contribution in [0, 0.1) is 0 Å². The number of carbonyl (C=O) groups is 2. The zero-order valence-corrected chi connectivity index (χ0v) is 15.2. The summed E-state index contributed by atoms with van der Waals surface area (Å²) >= 11 is 11.8. The first-order valence-corrected chi connectivity index (χ1v) is 8.05. The van der Waals surface area contributed by atoms with E-state index in [0.717, 1.165) is 5.56 Å². The Balaban J connectivity index is 2.38. The van der Waals surface area contributed by atoms with Crippen LogP contribution in [-0.4, -0.2) is 24.1 Å². The van der Waals surface area contributed by atoms with Gasteiger partial charge in [0.1, 0.15) is 5.60 Å². The van der Waals surface area contributed by atoms with Crippen LogP contribution in [-0.2, 0) is 9.53 Å². The van der Waals surface area contributed by atoms with Gasteiger partial charge in [-0.25, -0.2) is 4.79 Å². The van der Waals surface area contributed by atoms with E-state index >= 15 is 0 Å². The van der Waals surface area contributed by atoms with Crippen LogP contribution in [0.2, 0.25) is 10.0 Å². The predicted molar refractivity (Wildman–Crippen MR) is 91.9 cm³/mol. The minimum absolute atomic E-state index is 0.158. The Morgan fingerprint density at radius 3 is 2.43 bits per heavy atom. The molecule has 2 amide bonds. The number of hydrogen-bond acceptors (Lipinski definition) is 3. The summed E-state index contributed by atoms with van der Waals surface area (Å²) in [6.07, 6.45) is -0.381. The third kappa shape index (κ3) is 7.57. The Morgan fingerprint density at radius 1 is 1.22 bits per heavy atom. The summed E-state index contributed by atoms with van der Waals surface area (Å²) in [5.74, 6) is -0.181. The van der Waals surface area contributed by atoms with Crippen LogP contribution >= 0.6 is 23.2 Å². The zero-order chi connectivity index (χ0) is 17.6. The summed E-state index contributed by atoms with van der Waals surface area (Å²) in [5, 5.41) is 6.28. The molecule has 1 aromatic carbocycles. The summed E-state index contributed by atoms with van der Waals surface area (Å²) in [6.45, 7) is 7.38. The largest absolute Gasteiger partial charge is 0.444 e. The van der Waals surface area contributed by atoms with Crippen molar-refractivity contribution in [1.29, 1.82) is 0 Å². The van der Waals surface area contributed by atoms with Gasteiger partial charge in [0, 0.05) is 13.0 Å². The molecule has 0 aliphatic carbocycles. The molecule has 0 bridgehead atoms. The molecule has 0 aliphatic heterocycles. The average molecular weight is 361 g/mol. The van der Waals surface area contributed by atoms with Gasteiger partial charge < -0.3 is 15.4 Å². The van der Waals surface area contributed by atoms with Crippen molar-refractivity contribution >= 4 is 35.2 Å². The van der Waals surface area contributed by atoms with Crippen molar-refractivity contribution in [1.82, 2.24) is 10.6 Å². The van der Waals surface area contributed by atoms with Gasteiger partial charge in [0.2, 0.25) is 5.91 Å². The topological polar surface area (TPSA) is 67.4 Å². The number of alkyl carbamates (subject to hydrolysis) is 1. The highest BCUT2D eigenvalue weighted by molar-refractivity contribution is 6.42. The van der Waals surface area contributed by atoms with E-state index in [-0.39, 0.29) is 24.9 Å². The normalized spacial score (nSPS) is 12.4. The molecule has 0 aromatic heterocycles. The number of rotatable bonds is 5. The summed E-state index contributed by atoms with van der Waals surface area (Å²) in [4.78, 5) is 23.3. The Hall–Kier alpha value is -1.46. The second-order valence-electron chi connectivity index (χ2n) is 6.14. The lowest BCUT2D eigenvalue weighted by atomic mass is 10.1. The number of nitrogens with one attached hydrogen (secondary N) is 2. The molecular formula is C16H22Cl2N2O3. The third-order valence-corrected chi connectivity index (χ3v) is 3.58. The quantitative estimate of drug-likeness (QED) is 0.830. The number of ether oxygens (including phenoxy) is 1. The van der Waals surface area contributed by atoms with Crippen molar-refractivity contribution in [3.8, 4) is 0 Å². The Morgan fingerprint density at radius 2 is 1.87 bits per heavy atom. The van der Waals surface area contributed by atoms with Crippen LogP contribution in [0.15, 0.2) is 18.2 Å². The number of benzene rings is 1. The smallest absolute Gasteiger partial charge is 0.407 e. The molecule has 0 fully saturated rings. The molecule has 7 heteroatoms. The van der Waals surface area contributed by atoms with Gasteiger partial charge in [0.25, 0.3) is 0 Å². The van der Waals surface area contributed by atoms with Gasteiger partial charge in [-0.15, -0.1) is 0 Å². The lowest BCUT2D eigenvalue weighted by Gasteiger charge is -2.19. The molecule has 0 saturated heterocycles. The van der Waals surface area contributed by atoms with Crippen molar-refractivity contribution in [2.45, 2.75) is 45.8 Å². The maximum Gasteiger partial charge on any atom is 0.407 e. The van der Waals surface area contributed by atoms with Gasteiger partial charge in [0.15, 0.2) is 0 Å². The Bertz CT molecular complexity index is 571. The summed E-state index contributed by atoms with van der Waals surface area (Å²) < 4.78 is 5.09. The van der Waals surface area contributed by atoms with Crippen molar-refractivity contribution in [2.75, 3.05) is 6.54 Å². The Labute approximate surface area is 146 Å². The van der Waals surface area contributed by atoms with E-state index in [1.165, 1.54) is 0 Å². The predicted octanol–water partition coefficient (Wildman–Crippen LogP) is 4.09. The van der Waals surface area contributed by atoms with Gasteiger partial charge in [-0.1, -0.05) is 29.3 Å². The molecule has 1 unspecified atom stereocenters. The first kappa shape index (κ1) is 19.6. The van der Waals surface area contributed by atoms with E-state index in [1.54, 1.807) is 39.0 Å². The first-order chi connectivity index (χ1) is 10.6. The molecule has 2 N–H and O–H groups in total. The summed E-state index contributed by atoms with van der Waals surface area (Å²) in [7, 11) is 0. The number of hydrogen-bond donors (Lipinski definition) is 2. The minimum Gasteiger partial charge on any atom is -0.444 e. The highest BCUT2D eigenvalue weighted by Gasteiger charge is 2.16. The van der Waals surface area contributed by atoms with E-state index in [2.05, 4.69) is 10.6 Å². The molecule has 23 heavy (non-hydrogen) atoms. The highest BCUT2D eigenvalue weighted by Crippen LogP contribution is 2.25. The number of carbonyl (C=O) groups excluding carboxylic acids is 2. The number of halogens is 2. The fraction of sp³-hybridized carbons (Fsp3) is 0.500. The molecule has 0 spiro atoms. The van der Waals surface area contributed by atoms with Crippen LogP contribution in [0.3, 0.4) is 0 Å². The van der Waals surface area contributed by atoms with Crippen molar-refractivity contribution in [2.24, 2.45) is 0 Å².